The lowest BCUT2D eigenvalue weighted by molar-refractivity contribution is -0.145. The van der Waals surface area contributed by atoms with Crippen LogP contribution in [0.15, 0.2) is 24.5 Å². The van der Waals surface area contributed by atoms with E-state index in [0.717, 1.165) is 26.1 Å². The average Bonchev–Trinajstić information content (AvgIpc) is 2.46. The van der Waals surface area contributed by atoms with E-state index in [1.807, 2.05) is 12.3 Å². The lowest BCUT2D eigenvalue weighted by Crippen LogP contribution is -2.44. The monoisotopic (exact) mass is 264 g/mol. The Morgan fingerprint density at radius 3 is 3.26 bits per heavy atom. The second-order valence-electron chi connectivity index (χ2n) is 4.68. The molecule has 5 heteroatoms. The molecule has 1 aliphatic rings. The second kappa shape index (κ2) is 7.21. The summed E-state index contributed by atoms with van der Waals surface area (Å²) in [5.74, 6) is -0.209. The molecular formula is C14H20N2O3. The minimum Gasteiger partial charge on any atom is -0.469 e. The van der Waals surface area contributed by atoms with Crippen molar-refractivity contribution in [2.45, 2.75) is 18.9 Å². The summed E-state index contributed by atoms with van der Waals surface area (Å²) in [7, 11) is 1.41. The van der Waals surface area contributed by atoms with Gasteiger partial charge in [-0.25, -0.2) is 0 Å². The quantitative estimate of drug-likeness (QED) is 0.739. The van der Waals surface area contributed by atoms with E-state index in [1.165, 1.54) is 12.7 Å². The summed E-state index contributed by atoms with van der Waals surface area (Å²) in [6.45, 7) is 3.34. The molecule has 5 nitrogen and oxygen atoms in total. The zero-order valence-electron chi connectivity index (χ0n) is 11.2. The Kier molecular flexibility index (Phi) is 5.30. The van der Waals surface area contributed by atoms with E-state index in [4.69, 9.17) is 4.74 Å². The smallest absolute Gasteiger partial charge is 0.308 e. The minimum atomic E-state index is -0.209. The van der Waals surface area contributed by atoms with Crippen molar-refractivity contribution in [2.24, 2.45) is 0 Å². The van der Waals surface area contributed by atoms with Crippen LogP contribution in [-0.2, 0) is 20.7 Å². The van der Waals surface area contributed by atoms with Crippen LogP contribution < -0.4 is 0 Å². The molecule has 19 heavy (non-hydrogen) atoms. The lowest BCUT2D eigenvalue weighted by Gasteiger charge is -2.32. The van der Waals surface area contributed by atoms with Crippen molar-refractivity contribution in [3.8, 4) is 0 Å². The Morgan fingerprint density at radius 2 is 2.53 bits per heavy atom. The predicted molar refractivity (Wildman–Crippen MR) is 70.8 cm³/mol. The number of aromatic nitrogens is 1. The standard InChI is InChI=1S/C14H20N2O3/c1-18-14(17)9-13-11-16(7-8-19-13)6-4-12-3-2-5-15-10-12/h2-3,5,10,13H,4,6-9,11H2,1H3. The Hall–Kier alpha value is -1.46. The van der Waals surface area contributed by atoms with Gasteiger partial charge in [-0.05, 0) is 18.1 Å². The molecule has 1 aromatic rings. The molecule has 2 heterocycles. The molecule has 1 fully saturated rings. The third-order valence-corrected chi connectivity index (χ3v) is 3.28. The molecule has 0 aliphatic carbocycles. The van der Waals surface area contributed by atoms with Crippen LogP contribution in [0.25, 0.3) is 0 Å². The summed E-state index contributed by atoms with van der Waals surface area (Å²) < 4.78 is 10.2. The van der Waals surface area contributed by atoms with Gasteiger partial charge in [0.05, 0.1) is 26.2 Å². The first kappa shape index (κ1) is 14.0. The molecule has 104 valence electrons. The zero-order valence-corrected chi connectivity index (χ0v) is 11.2. The molecule has 1 atom stereocenters. The number of ether oxygens (including phenoxy) is 2. The van der Waals surface area contributed by atoms with Gasteiger partial charge in [-0.15, -0.1) is 0 Å². The summed E-state index contributed by atoms with van der Waals surface area (Å²) in [5.41, 5.74) is 1.23. The maximum atomic E-state index is 11.2. The van der Waals surface area contributed by atoms with E-state index in [0.29, 0.717) is 13.0 Å². The first-order chi connectivity index (χ1) is 9.28. The van der Waals surface area contributed by atoms with Gasteiger partial charge in [-0.3, -0.25) is 14.7 Å². The van der Waals surface area contributed by atoms with Gasteiger partial charge < -0.3 is 9.47 Å². The highest BCUT2D eigenvalue weighted by molar-refractivity contribution is 5.69. The van der Waals surface area contributed by atoms with E-state index in [1.54, 1.807) is 6.20 Å². The molecule has 1 aliphatic heterocycles. The van der Waals surface area contributed by atoms with Crippen LogP contribution in [0.4, 0.5) is 0 Å². The number of carbonyl (C=O) groups excluding carboxylic acids is 1. The molecular weight excluding hydrogens is 244 g/mol. The SMILES string of the molecule is COC(=O)CC1CN(CCc2cccnc2)CCO1. The molecule has 0 radical (unpaired) electrons. The van der Waals surface area contributed by atoms with E-state index in [-0.39, 0.29) is 12.1 Å². The van der Waals surface area contributed by atoms with Gasteiger partial charge in [-0.2, -0.15) is 0 Å². The highest BCUT2D eigenvalue weighted by Gasteiger charge is 2.22. The number of hydrogen-bond acceptors (Lipinski definition) is 5. The van der Waals surface area contributed by atoms with E-state index >= 15 is 0 Å². The summed E-state index contributed by atoms with van der Waals surface area (Å²) in [4.78, 5) is 17.7. The number of rotatable bonds is 5. The summed E-state index contributed by atoms with van der Waals surface area (Å²) >= 11 is 0. The third-order valence-electron chi connectivity index (χ3n) is 3.28. The van der Waals surface area contributed by atoms with Crippen LogP contribution in [-0.4, -0.2) is 55.3 Å². The number of carbonyl (C=O) groups is 1. The van der Waals surface area contributed by atoms with Gasteiger partial charge in [0.2, 0.25) is 0 Å². The van der Waals surface area contributed by atoms with Crippen molar-refractivity contribution >= 4 is 5.97 Å². The molecule has 0 bridgehead atoms. The van der Waals surface area contributed by atoms with Gasteiger partial charge in [0.15, 0.2) is 0 Å². The van der Waals surface area contributed by atoms with Crippen LogP contribution in [0.5, 0.6) is 0 Å². The molecule has 0 amide bonds. The summed E-state index contributed by atoms with van der Waals surface area (Å²) in [6, 6.07) is 4.04. The molecule has 1 unspecified atom stereocenters. The fourth-order valence-corrected chi connectivity index (χ4v) is 2.21. The molecule has 2 rings (SSSR count). The van der Waals surface area contributed by atoms with Crippen LogP contribution >= 0.6 is 0 Å². The highest BCUT2D eigenvalue weighted by Crippen LogP contribution is 2.10. The molecule has 0 saturated carbocycles. The average molecular weight is 264 g/mol. The van der Waals surface area contributed by atoms with Gasteiger partial charge in [-0.1, -0.05) is 6.07 Å². The number of esters is 1. The van der Waals surface area contributed by atoms with Crippen LogP contribution in [0.2, 0.25) is 0 Å². The first-order valence-corrected chi connectivity index (χ1v) is 6.57. The van der Waals surface area contributed by atoms with Crippen molar-refractivity contribution in [1.82, 2.24) is 9.88 Å². The number of pyridine rings is 1. The summed E-state index contributed by atoms with van der Waals surface area (Å²) in [6.07, 6.45) is 4.94. The van der Waals surface area contributed by atoms with E-state index < -0.39 is 0 Å². The Morgan fingerprint density at radius 1 is 1.63 bits per heavy atom. The normalized spacial score (nSPS) is 20.2. The van der Waals surface area contributed by atoms with Crippen LogP contribution in [0.3, 0.4) is 0 Å². The molecule has 0 N–H and O–H groups in total. The maximum Gasteiger partial charge on any atom is 0.308 e. The maximum absolute atomic E-state index is 11.2. The van der Waals surface area contributed by atoms with Crippen molar-refractivity contribution < 1.29 is 14.3 Å². The van der Waals surface area contributed by atoms with Crippen LogP contribution in [0, 0.1) is 0 Å². The fourth-order valence-electron chi connectivity index (χ4n) is 2.21. The second-order valence-corrected chi connectivity index (χ2v) is 4.68. The number of methoxy groups -OCH3 is 1. The largest absolute Gasteiger partial charge is 0.469 e. The number of morpholine rings is 1. The lowest BCUT2D eigenvalue weighted by atomic mass is 10.1. The van der Waals surface area contributed by atoms with Crippen molar-refractivity contribution in [3.63, 3.8) is 0 Å². The summed E-state index contributed by atoms with van der Waals surface area (Å²) in [5, 5.41) is 0. The Balaban J connectivity index is 1.76. The zero-order chi connectivity index (χ0) is 13.5. The van der Waals surface area contributed by atoms with Gasteiger partial charge in [0, 0.05) is 32.0 Å². The minimum absolute atomic E-state index is 0.0462. The van der Waals surface area contributed by atoms with Crippen molar-refractivity contribution in [1.29, 1.82) is 0 Å². The number of hydrogen-bond donors (Lipinski definition) is 0. The van der Waals surface area contributed by atoms with Crippen molar-refractivity contribution in [3.05, 3.63) is 30.1 Å². The third kappa shape index (κ3) is 4.61. The van der Waals surface area contributed by atoms with E-state index in [2.05, 4.69) is 20.7 Å². The van der Waals surface area contributed by atoms with Gasteiger partial charge in [0.25, 0.3) is 0 Å². The topological polar surface area (TPSA) is 51.7 Å². The molecule has 1 saturated heterocycles. The van der Waals surface area contributed by atoms with Gasteiger partial charge >= 0.3 is 5.97 Å². The van der Waals surface area contributed by atoms with Gasteiger partial charge in [0.1, 0.15) is 0 Å². The molecule has 0 spiro atoms. The predicted octanol–water partition coefficient (Wildman–Crippen LogP) is 0.888. The first-order valence-electron chi connectivity index (χ1n) is 6.57. The highest BCUT2D eigenvalue weighted by atomic mass is 16.5. The number of nitrogens with zero attached hydrogens (tertiary/aromatic N) is 2. The molecule has 1 aromatic heterocycles. The van der Waals surface area contributed by atoms with E-state index in [9.17, 15) is 4.79 Å². The Labute approximate surface area is 113 Å². The van der Waals surface area contributed by atoms with Crippen LogP contribution in [0.1, 0.15) is 12.0 Å². The molecule has 0 aromatic carbocycles. The Bertz CT molecular complexity index is 397. The van der Waals surface area contributed by atoms with Crippen molar-refractivity contribution in [2.75, 3.05) is 33.4 Å². The fraction of sp³-hybridized carbons (Fsp3) is 0.571.